The van der Waals surface area contributed by atoms with Crippen LogP contribution in [0.5, 0.6) is 0 Å². The molecule has 17 heavy (non-hydrogen) atoms. The minimum absolute atomic E-state index is 0.000231. The number of aliphatic hydroxyl groups is 1. The average Bonchev–Trinajstić information content (AvgIpc) is 2.26. The van der Waals surface area contributed by atoms with E-state index in [1.54, 1.807) is 6.07 Å². The number of nitrogens with zero attached hydrogens (tertiary/aromatic N) is 1. The third-order valence-electron chi connectivity index (χ3n) is 2.44. The molecule has 5 heteroatoms. The Bertz CT molecular complexity index is 388. The molecule has 0 saturated carbocycles. The van der Waals surface area contributed by atoms with Crippen molar-refractivity contribution in [1.82, 2.24) is 5.06 Å². The van der Waals surface area contributed by atoms with E-state index in [4.69, 9.17) is 4.84 Å². The number of hydroxylamine groups is 2. The number of carbonyl (C=O) groups is 1. The summed E-state index contributed by atoms with van der Waals surface area (Å²) in [6.45, 7) is 1.93. The fourth-order valence-electron chi connectivity index (χ4n) is 1.47. The van der Waals surface area contributed by atoms with Gasteiger partial charge < -0.3 is 5.11 Å². The number of aliphatic hydroxyl groups excluding tert-OH is 1. The number of aryl methyl sites for hydroxylation is 1. The minimum atomic E-state index is -0.823. The number of carbonyl (C=O) groups excluding carboxylic acids is 1. The molecular formula is C12H16BrNO3. The Balaban J connectivity index is 2.76. The first-order chi connectivity index (χ1) is 7.93. The molecule has 1 aromatic carbocycles. The maximum Gasteiger partial charge on any atom is 0.248 e. The van der Waals surface area contributed by atoms with Crippen molar-refractivity contribution in [1.29, 1.82) is 0 Å². The zero-order valence-corrected chi connectivity index (χ0v) is 11.7. The summed E-state index contributed by atoms with van der Waals surface area (Å²) in [6, 6.07) is 5.60. The van der Waals surface area contributed by atoms with Crippen LogP contribution in [-0.4, -0.2) is 30.2 Å². The molecule has 0 heterocycles. The molecule has 0 aliphatic heterocycles. The first-order valence-corrected chi connectivity index (χ1v) is 5.99. The lowest BCUT2D eigenvalue weighted by Crippen LogP contribution is -2.26. The zero-order valence-electron chi connectivity index (χ0n) is 10.1. The SMILES string of the molecule is CON(C)C(=O)CC(O)c1cc(C)cc(Br)c1. The molecule has 1 atom stereocenters. The highest BCUT2D eigenvalue weighted by Gasteiger charge is 2.16. The van der Waals surface area contributed by atoms with Gasteiger partial charge in [-0.1, -0.05) is 22.0 Å². The Hall–Kier alpha value is -0.910. The molecule has 94 valence electrons. The minimum Gasteiger partial charge on any atom is -0.388 e. The highest BCUT2D eigenvalue weighted by atomic mass is 79.9. The summed E-state index contributed by atoms with van der Waals surface area (Å²) >= 11 is 3.36. The molecule has 1 rings (SSSR count). The van der Waals surface area contributed by atoms with Gasteiger partial charge in [0, 0.05) is 11.5 Å². The van der Waals surface area contributed by atoms with E-state index < -0.39 is 6.10 Å². The van der Waals surface area contributed by atoms with Crippen molar-refractivity contribution in [3.8, 4) is 0 Å². The highest BCUT2D eigenvalue weighted by molar-refractivity contribution is 9.10. The van der Waals surface area contributed by atoms with Crippen LogP contribution in [-0.2, 0) is 9.63 Å². The standard InChI is InChI=1S/C12H16BrNO3/c1-8-4-9(6-10(13)5-8)11(15)7-12(16)14(2)17-3/h4-6,11,15H,7H2,1-3H3. The quantitative estimate of drug-likeness (QED) is 0.868. The van der Waals surface area contributed by atoms with Crippen LogP contribution in [0.1, 0.15) is 23.7 Å². The van der Waals surface area contributed by atoms with E-state index in [2.05, 4.69) is 15.9 Å². The van der Waals surface area contributed by atoms with Gasteiger partial charge in [0.1, 0.15) is 0 Å². The largest absolute Gasteiger partial charge is 0.388 e. The lowest BCUT2D eigenvalue weighted by Gasteiger charge is -2.17. The van der Waals surface area contributed by atoms with Gasteiger partial charge in [-0.05, 0) is 30.2 Å². The molecule has 0 bridgehead atoms. The molecular weight excluding hydrogens is 286 g/mol. The normalized spacial score (nSPS) is 12.3. The maximum absolute atomic E-state index is 11.6. The van der Waals surface area contributed by atoms with Gasteiger partial charge in [0.25, 0.3) is 0 Å². The van der Waals surface area contributed by atoms with Gasteiger partial charge in [0.2, 0.25) is 5.91 Å². The molecule has 0 aliphatic carbocycles. The van der Waals surface area contributed by atoms with Gasteiger partial charge in [-0.15, -0.1) is 0 Å². The summed E-state index contributed by atoms with van der Waals surface area (Å²) in [7, 11) is 2.93. The van der Waals surface area contributed by atoms with Gasteiger partial charge in [0.15, 0.2) is 0 Å². The summed E-state index contributed by atoms with van der Waals surface area (Å²) in [5.41, 5.74) is 1.75. The van der Waals surface area contributed by atoms with Gasteiger partial charge in [0.05, 0.1) is 19.6 Å². The van der Waals surface area contributed by atoms with Crippen molar-refractivity contribution in [2.75, 3.05) is 14.2 Å². The second-order valence-corrected chi connectivity index (χ2v) is 4.77. The van der Waals surface area contributed by atoms with Crippen molar-refractivity contribution in [2.45, 2.75) is 19.4 Å². The summed E-state index contributed by atoms with van der Waals surface area (Å²) < 4.78 is 0.888. The van der Waals surface area contributed by atoms with E-state index >= 15 is 0 Å². The Kier molecular flexibility index (Phi) is 5.11. The molecule has 1 aromatic rings. The predicted octanol–water partition coefficient (Wildman–Crippen LogP) is 2.20. The molecule has 0 saturated heterocycles. The van der Waals surface area contributed by atoms with Gasteiger partial charge in [-0.25, -0.2) is 5.06 Å². The van der Waals surface area contributed by atoms with Gasteiger partial charge >= 0.3 is 0 Å². The zero-order chi connectivity index (χ0) is 13.0. The lowest BCUT2D eigenvalue weighted by molar-refractivity contribution is -0.170. The van der Waals surface area contributed by atoms with Crippen LogP contribution >= 0.6 is 15.9 Å². The molecule has 1 unspecified atom stereocenters. The van der Waals surface area contributed by atoms with Gasteiger partial charge in [-0.2, -0.15) is 0 Å². The second-order valence-electron chi connectivity index (χ2n) is 3.86. The number of halogens is 1. The molecule has 0 aromatic heterocycles. The molecule has 4 nitrogen and oxygen atoms in total. The van der Waals surface area contributed by atoms with Crippen LogP contribution in [0.3, 0.4) is 0 Å². The Morgan fingerprint density at radius 3 is 2.71 bits per heavy atom. The van der Waals surface area contributed by atoms with Crippen molar-refractivity contribution in [3.63, 3.8) is 0 Å². The van der Waals surface area contributed by atoms with Crippen LogP contribution in [0.2, 0.25) is 0 Å². The average molecular weight is 302 g/mol. The van der Waals surface area contributed by atoms with Crippen LogP contribution in [0.15, 0.2) is 22.7 Å². The smallest absolute Gasteiger partial charge is 0.248 e. The summed E-state index contributed by atoms with van der Waals surface area (Å²) in [4.78, 5) is 16.3. The van der Waals surface area contributed by atoms with Crippen molar-refractivity contribution >= 4 is 21.8 Å². The third-order valence-corrected chi connectivity index (χ3v) is 2.90. The van der Waals surface area contributed by atoms with E-state index in [1.165, 1.54) is 14.2 Å². The first kappa shape index (κ1) is 14.2. The molecule has 0 radical (unpaired) electrons. The second kappa shape index (κ2) is 6.14. The molecule has 0 aliphatic rings. The lowest BCUT2D eigenvalue weighted by atomic mass is 10.0. The number of hydrogen-bond donors (Lipinski definition) is 1. The molecule has 1 amide bonds. The van der Waals surface area contributed by atoms with Crippen LogP contribution in [0.4, 0.5) is 0 Å². The summed E-state index contributed by atoms with van der Waals surface area (Å²) in [6.07, 6.45) is -0.823. The van der Waals surface area contributed by atoms with E-state index in [0.29, 0.717) is 0 Å². The van der Waals surface area contributed by atoms with Gasteiger partial charge in [-0.3, -0.25) is 9.63 Å². The third kappa shape index (κ3) is 4.11. The Morgan fingerprint density at radius 2 is 2.18 bits per heavy atom. The van der Waals surface area contributed by atoms with E-state index in [0.717, 1.165) is 20.7 Å². The molecule has 1 N–H and O–H groups in total. The molecule has 0 spiro atoms. The predicted molar refractivity (Wildman–Crippen MR) is 68.2 cm³/mol. The summed E-state index contributed by atoms with van der Waals surface area (Å²) in [5, 5.41) is 11.1. The topological polar surface area (TPSA) is 49.8 Å². The highest BCUT2D eigenvalue weighted by Crippen LogP contribution is 2.23. The van der Waals surface area contributed by atoms with Crippen LogP contribution < -0.4 is 0 Å². The fourth-order valence-corrected chi connectivity index (χ4v) is 2.10. The van der Waals surface area contributed by atoms with Crippen molar-refractivity contribution in [3.05, 3.63) is 33.8 Å². The van der Waals surface area contributed by atoms with E-state index in [-0.39, 0.29) is 12.3 Å². The fraction of sp³-hybridized carbons (Fsp3) is 0.417. The number of hydrogen-bond acceptors (Lipinski definition) is 3. The van der Waals surface area contributed by atoms with E-state index in [1.807, 2.05) is 19.1 Å². The summed E-state index contributed by atoms with van der Waals surface area (Å²) in [5.74, 6) is -0.266. The van der Waals surface area contributed by atoms with Crippen LogP contribution in [0, 0.1) is 6.92 Å². The number of rotatable bonds is 4. The first-order valence-electron chi connectivity index (χ1n) is 5.20. The number of benzene rings is 1. The monoisotopic (exact) mass is 301 g/mol. The number of amides is 1. The molecule has 0 fully saturated rings. The van der Waals surface area contributed by atoms with E-state index in [9.17, 15) is 9.90 Å². The maximum atomic E-state index is 11.6. The van der Waals surface area contributed by atoms with Crippen molar-refractivity contribution in [2.24, 2.45) is 0 Å². The Labute approximate surface area is 109 Å². The van der Waals surface area contributed by atoms with Crippen LogP contribution in [0.25, 0.3) is 0 Å². The van der Waals surface area contributed by atoms with Crippen molar-refractivity contribution < 1.29 is 14.7 Å². The Morgan fingerprint density at radius 1 is 1.53 bits per heavy atom.